The third-order valence-corrected chi connectivity index (χ3v) is 2.76. The minimum atomic E-state index is 0.199. The number of piperidine rings is 1. The third kappa shape index (κ3) is 5.95. The van der Waals surface area contributed by atoms with Crippen molar-refractivity contribution in [1.29, 1.82) is 0 Å². The van der Waals surface area contributed by atoms with Crippen molar-refractivity contribution in [2.75, 3.05) is 26.2 Å². The molecule has 0 bridgehead atoms. The minimum absolute atomic E-state index is 0.199. The Kier molecular flexibility index (Phi) is 4.81. The van der Waals surface area contributed by atoms with Gasteiger partial charge in [0.2, 0.25) is 0 Å². The minimum Gasteiger partial charge on any atom is -0.308 e. The highest BCUT2D eigenvalue weighted by Crippen LogP contribution is 2.10. The lowest BCUT2D eigenvalue weighted by Gasteiger charge is -2.28. The molecule has 2 nitrogen and oxygen atoms in total. The quantitative estimate of drug-likeness (QED) is 0.717. The largest absolute Gasteiger partial charge is 0.308 e. The van der Waals surface area contributed by atoms with Gasteiger partial charge in [-0.15, -0.1) is 0 Å². The molecular weight excluding hydrogens is 184 g/mol. The van der Waals surface area contributed by atoms with Gasteiger partial charge in [0.25, 0.3) is 0 Å². The molecule has 15 heavy (non-hydrogen) atoms. The van der Waals surface area contributed by atoms with Gasteiger partial charge >= 0.3 is 0 Å². The highest BCUT2D eigenvalue weighted by molar-refractivity contribution is 5.01. The molecular formula is C13H26N2. The maximum absolute atomic E-state index is 4.15. The number of hydrogen-bond donors (Lipinski definition) is 1. The van der Waals surface area contributed by atoms with Crippen molar-refractivity contribution in [3.05, 3.63) is 12.2 Å². The molecule has 0 amide bonds. The summed E-state index contributed by atoms with van der Waals surface area (Å²) in [5.74, 6) is 0. The fraction of sp³-hybridized carbons (Fsp3) is 0.846. The topological polar surface area (TPSA) is 15.3 Å². The van der Waals surface area contributed by atoms with Crippen LogP contribution in [0.2, 0.25) is 0 Å². The normalized spacial score (nSPS) is 19.1. The monoisotopic (exact) mass is 210 g/mol. The summed E-state index contributed by atoms with van der Waals surface area (Å²) in [6, 6.07) is 0. The van der Waals surface area contributed by atoms with Crippen LogP contribution < -0.4 is 5.32 Å². The summed E-state index contributed by atoms with van der Waals surface area (Å²) in [7, 11) is 0. The average Bonchev–Trinajstić information content (AvgIpc) is 2.15. The van der Waals surface area contributed by atoms with Crippen molar-refractivity contribution < 1.29 is 0 Å². The summed E-state index contributed by atoms with van der Waals surface area (Å²) in [6.45, 7) is 15.3. The number of nitrogens with zero attached hydrogens (tertiary/aromatic N) is 1. The first-order chi connectivity index (χ1) is 6.97. The summed E-state index contributed by atoms with van der Waals surface area (Å²) >= 11 is 0. The Balaban J connectivity index is 2.17. The molecule has 1 fully saturated rings. The molecule has 88 valence electrons. The summed E-state index contributed by atoms with van der Waals surface area (Å²) in [5.41, 5.74) is 1.51. The zero-order chi connectivity index (χ0) is 11.3. The Morgan fingerprint density at radius 3 is 2.33 bits per heavy atom. The predicted molar refractivity (Wildman–Crippen MR) is 67.2 cm³/mol. The Labute approximate surface area is 94.7 Å². The van der Waals surface area contributed by atoms with Gasteiger partial charge in [-0.05, 0) is 52.3 Å². The smallest absolute Gasteiger partial charge is 0.0202 e. The molecule has 0 aromatic carbocycles. The van der Waals surface area contributed by atoms with E-state index in [1.165, 1.54) is 37.9 Å². The lowest BCUT2D eigenvalue weighted by atomic mass is 10.1. The van der Waals surface area contributed by atoms with Gasteiger partial charge in [0, 0.05) is 18.6 Å². The van der Waals surface area contributed by atoms with E-state index in [0.29, 0.717) is 0 Å². The van der Waals surface area contributed by atoms with Crippen LogP contribution in [0.15, 0.2) is 12.2 Å². The van der Waals surface area contributed by atoms with E-state index in [1.54, 1.807) is 0 Å². The summed E-state index contributed by atoms with van der Waals surface area (Å²) in [6.07, 6.45) is 4.13. The molecule has 0 aliphatic carbocycles. The molecule has 1 aliphatic heterocycles. The third-order valence-electron chi connectivity index (χ3n) is 2.76. The van der Waals surface area contributed by atoms with Gasteiger partial charge in [-0.25, -0.2) is 0 Å². The lowest BCUT2D eigenvalue weighted by Crippen LogP contribution is -2.39. The number of nitrogens with one attached hydrogen (secondary N) is 1. The second-order valence-corrected chi connectivity index (χ2v) is 5.69. The van der Waals surface area contributed by atoms with Gasteiger partial charge in [0.1, 0.15) is 0 Å². The first-order valence-electron chi connectivity index (χ1n) is 6.11. The van der Waals surface area contributed by atoms with Crippen molar-refractivity contribution >= 4 is 0 Å². The molecule has 1 saturated heterocycles. The van der Waals surface area contributed by atoms with Crippen molar-refractivity contribution in [3.63, 3.8) is 0 Å². The lowest BCUT2D eigenvalue weighted by molar-refractivity contribution is 0.244. The number of rotatable bonds is 4. The molecule has 0 spiro atoms. The van der Waals surface area contributed by atoms with E-state index >= 15 is 0 Å². The Bertz CT molecular complexity index is 197. The van der Waals surface area contributed by atoms with Crippen LogP contribution in [-0.2, 0) is 0 Å². The van der Waals surface area contributed by atoms with E-state index in [9.17, 15) is 0 Å². The first-order valence-corrected chi connectivity index (χ1v) is 6.11. The maximum atomic E-state index is 4.15. The molecule has 1 heterocycles. The Morgan fingerprint density at radius 1 is 1.20 bits per heavy atom. The summed E-state index contributed by atoms with van der Waals surface area (Å²) < 4.78 is 0. The second-order valence-electron chi connectivity index (χ2n) is 5.69. The molecule has 0 radical (unpaired) electrons. The van der Waals surface area contributed by atoms with Crippen molar-refractivity contribution in [2.45, 2.75) is 45.6 Å². The van der Waals surface area contributed by atoms with Crippen LogP contribution in [0.3, 0.4) is 0 Å². The highest BCUT2D eigenvalue weighted by Gasteiger charge is 2.12. The molecule has 1 rings (SSSR count). The Hall–Kier alpha value is -0.340. The van der Waals surface area contributed by atoms with Gasteiger partial charge in [0.05, 0.1) is 0 Å². The molecule has 0 unspecified atom stereocenters. The molecule has 1 N–H and O–H groups in total. The van der Waals surface area contributed by atoms with E-state index in [4.69, 9.17) is 0 Å². The number of likely N-dealkylation sites (tertiary alicyclic amines) is 1. The molecule has 2 heteroatoms. The molecule has 1 aliphatic rings. The average molecular weight is 210 g/mol. The van der Waals surface area contributed by atoms with Crippen molar-refractivity contribution in [3.8, 4) is 0 Å². The van der Waals surface area contributed by atoms with E-state index in [-0.39, 0.29) is 5.54 Å². The summed E-state index contributed by atoms with van der Waals surface area (Å²) in [4.78, 5) is 2.52. The summed E-state index contributed by atoms with van der Waals surface area (Å²) in [5, 5.41) is 3.49. The molecule has 0 aromatic heterocycles. The first kappa shape index (κ1) is 12.7. The predicted octanol–water partition coefficient (Wildman–Crippen LogP) is 2.42. The maximum Gasteiger partial charge on any atom is 0.0202 e. The number of hydrogen-bond acceptors (Lipinski definition) is 2. The van der Waals surface area contributed by atoms with Gasteiger partial charge in [-0.3, -0.25) is 4.90 Å². The second kappa shape index (κ2) is 5.66. The fourth-order valence-electron chi connectivity index (χ4n) is 1.88. The van der Waals surface area contributed by atoms with E-state index in [0.717, 1.165) is 13.1 Å². The van der Waals surface area contributed by atoms with Gasteiger partial charge < -0.3 is 5.32 Å². The van der Waals surface area contributed by atoms with Crippen LogP contribution in [0.1, 0.15) is 40.0 Å². The van der Waals surface area contributed by atoms with Crippen LogP contribution in [0.4, 0.5) is 0 Å². The van der Waals surface area contributed by atoms with Crippen molar-refractivity contribution in [2.24, 2.45) is 0 Å². The molecule has 0 aromatic rings. The van der Waals surface area contributed by atoms with Crippen molar-refractivity contribution in [1.82, 2.24) is 10.2 Å². The zero-order valence-corrected chi connectivity index (χ0v) is 10.6. The van der Waals surface area contributed by atoms with Gasteiger partial charge in [-0.1, -0.05) is 13.0 Å². The molecule has 0 saturated carbocycles. The molecule has 0 atom stereocenters. The fourth-order valence-corrected chi connectivity index (χ4v) is 1.88. The van der Waals surface area contributed by atoms with Crippen LogP contribution in [0, 0.1) is 0 Å². The van der Waals surface area contributed by atoms with Crippen LogP contribution in [0.25, 0.3) is 0 Å². The van der Waals surface area contributed by atoms with E-state index in [1.807, 2.05) is 0 Å². The van der Waals surface area contributed by atoms with Gasteiger partial charge in [0.15, 0.2) is 0 Å². The van der Waals surface area contributed by atoms with E-state index < -0.39 is 0 Å². The standard InChI is InChI=1S/C13H26N2/c1-12(10-14-13(2,3)4)11-15-8-6-5-7-9-15/h14H,1,5-11H2,2-4H3. The SMILES string of the molecule is C=C(CNC(C)(C)C)CN1CCCCC1. The van der Waals surface area contributed by atoms with E-state index in [2.05, 4.69) is 37.6 Å². The van der Waals surface area contributed by atoms with Crippen LogP contribution >= 0.6 is 0 Å². The van der Waals surface area contributed by atoms with Crippen LogP contribution in [-0.4, -0.2) is 36.6 Å². The highest BCUT2D eigenvalue weighted by atomic mass is 15.1. The van der Waals surface area contributed by atoms with Crippen LogP contribution in [0.5, 0.6) is 0 Å². The van der Waals surface area contributed by atoms with Gasteiger partial charge in [-0.2, -0.15) is 0 Å². The Morgan fingerprint density at radius 2 is 1.80 bits per heavy atom. The zero-order valence-electron chi connectivity index (χ0n) is 10.6.